The highest BCUT2D eigenvalue weighted by Gasteiger charge is 2.74. The molecule has 0 saturated carbocycles. The van der Waals surface area contributed by atoms with Gasteiger partial charge < -0.3 is 25.4 Å². The van der Waals surface area contributed by atoms with Crippen molar-refractivity contribution in [2.24, 2.45) is 11.8 Å². The van der Waals surface area contributed by atoms with Gasteiger partial charge in [0.2, 0.25) is 17.7 Å². The number of aliphatic hydroxyl groups is 1. The standard InChI is InChI=1S/C21H34N4O5S/c1-3-13(12-26)25-17(19(28)23-6-7-24-8-10-30-11-9-24)21-5-4-14(31-21)15(18(27)22-2)16(21)20(25)29/h13-17,26H,3-12H2,1-2H3,(H,22,27)(H,23,28)/t13-,14-,15+,16-,17?,21?/m0/s1. The van der Waals surface area contributed by atoms with Gasteiger partial charge in [0.1, 0.15) is 6.04 Å². The number of carbonyl (C=O) groups excluding carboxylic acids is 3. The van der Waals surface area contributed by atoms with Gasteiger partial charge in [-0.2, -0.15) is 0 Å². The molecule has 0 aromatic carbocycles. The minimum atomic E-state index is -0.656. The Morgan fingerprint density at radius 1 is 1.32 bits per heavy atom. The van der Waals surface area contributed by atoms with Crippen LogP contribution >= 0.6 is 11.8 Å². The Morgan fingerprint density at radius 2 is 2.06 bits per heavy atom. The summed E-state index contributed by atoms with van der Waals surface area (Å²) in [4.78, 5) is 43.7. The monoisotopic (exact) mass is 454 g/mol. The van der Waals surface area contributed by atoms with Gasteiger partial charge in [-0.3, -0.25) is 19.3 Å². The first kappa shape index (κ1) is 22.8. The summed E-state index contributed by atoms with van der Waals surface area (Å²) >= 11 is 1.65. The third-order valence-corrected chi connectivity index (χ3v) is 9.39. The number of likely N-dealkylation sites (tertiary alicyclic amines) is 1. The number of thioether (sulfide) groups is 1. The van der Waals surface area contributed by atoms with Crippen LogP contribution < -0.4 is 10.6 Å². The van der Waals surface area contributed by atoms with Crippen molar-refractivity contribution >= 4 is 29.5 Å². The average molecular weight is 455 g/mol. The lowest BCUT2D eigenvalue weighted by molar-refractivity contribution is -0.142. The van der Waals surface area contributed by atoms with Crippen molar-refractivity contribution in [1.82, 2.24) is 20.4 Å². The van der Waals surface area contributed by atoms with Gasteiger partial charge in [0.15, 0.2) is 0 Å². The Bertz CT molecular complexity index is 714. The number of amides is 3. The molecule has 4 aliphatic rings. The molecule has 1 spiro atoms. The van der Waals surface area contributed by atoms with Crippen molar-refractivity contribution in [1.29, 1.82) is 0 Å². The summed E-state index contributed by atoms with van der Waals surface area (Å²) in [5.74, 6) is -1.37. The molecule has 4 saturated heterocycles. The fourth-order valence-corrected chi connectivity index (χ4v) is 8.13. The molecule has 0 aromatic rings. The third kappa shape index (κ3) is 3.75. The molecular weight excluding hydrogens is 420 g/mol. The number of nitrogens with zero attached hydrogens (tertiary/aromatic N) is 2. The maximum Gasteiger partial charge on any atom is 0.244 e. The van der Waals surface area contributed by atoms with Crippen LogP contribution in [0.25, 0.3) is 0 Å². The average Bonchev–Trinajstić information content (AvgIpc) is 3.43. The molecule has 31 heavy (non-hydrogen) atoms. The molecule has 2 bridgehead atoms. The highest BCUT2D eigenvalue weighted by atomic mass is 32.2. The lowest BCUT2D eigenvalue weighted by atomic mass is 9.71. The maximum absolute atomic E-state index is 13.6. The first-order chi connectivity index (χ1) is 15.0. The molecule has 4 fully saturated rings. The van der Waals surface area contributed by atoms with Gasteiger partial charge >= 0.3 is 0 Å². The molecular formula is C21H34N4O5S. The molecule has 0 aromatic heterocycles. The molecule has 174 valence electrons. The van der Waals surface area contributed by atoms with E-state index in [1.807, 2.05) is 6.92 Å². The zero-order valence-electron chi connectivity index (χ0n) is 18.3. The molecule has 0 radical (unpaired) electrons. The van der Waals surface area contributed by atoms with Crippen LogP contribution in [0.15, 0.2) is 0 Å². The number of nitrogens with one attached hydrogen (secondary N) is 2. The number of aliphatic hydroxyl groups excluding tert-OH is 1. The van der Waals surface area contributed by atoms with Crippen LogP contribution in [0, 0.1) is 11.8 Å². The summed E-state index contributed by atoms with van der Waals surface area (Å²) in [5.41, 5.74) is 0. The predicted octanol–water partition coefficient (Wildman–Crippen LogP) is -0.957. The molecule has 4 rings (SSSR count). The van der Waals surface area contributed by atoms with Crippen molar-refractivity contribution in [3.63, 3.8) is 0 Å². The summed E-state index contributed by atoms with van der Waals surface area (Å²) in [5, 5.41) is 15.8. The third-order valence-electron chi connectivity index (χ3n) is 7.44. The van der Waals surface area contributed by atoms with Crippen molar-refractivity contribution < 1.29 is 24.2 Å². The number of fused-ring (bicyclic) bond motifs is 1. The Balaban J connectivity index is 1.56. The van der Waals surface area contributed by atoms with Gasteiger partial charge in [0.05, 0.1) is 42.4 Å². The van der Waals surface area contributed by atoms with E-state index < -0.39 is 28.7 Å². The van der Waals surface area contributed by atoms with E-state index in [2.05, 4.69) is 15.5 Å². The molecule has 3 amide bonds. The highest BCUT2D eigenvalue weighted by Crippen LogP contribution is 2.66. The summed E-state index contributed by atoms with van der Waals surface area (Å²) in [6.45, 7) is 6.07. The van der Waals surface area contributed by atoms with Crippen LogP contribution in [-0.2, 0) is 19.1 Å². The number of hydrogen-bond donors (Lipinski definition) is 3. The summed E-state index contributed by atoms with van der Waals surface area (Å²) in [6, 6.07) is -1.08. The molecule has 10 heteroatoms. The molecule has 4 aliphatic heterocycles. The smallest absolute Gasteiger partial charge is 0.244 e. The van der Waals surface area contributed by atoms with Crippen molar-refractivity contribution in [3.8, 4) is 0 Å². The largest absolute Gasteiger partial charge is 0.394 e. The fourth-order valence-electron chi connectivity index (χ4n) is 5.92. The SMILES string of the molecule is CC[C@@H](CO)N1C(=O)[C@@H]2[C@H](C(=O)NC)[C@@H]3CCC2(S3)C1C(=O)NCCN1CCOCC1. The molecule has 4 heterocycles. The van der Waals surface area contributed by atoms with Gasteiger partial charge in [0.25, 0.3) is 0 Å². The quantitative estimate of drug-likeness (QED) is 0.433. The number of ether oxygens (including phenoxy) is 1. The van der Waals surface area contributed by atoms with E-state index >= 15 is 0 Å². The number of morpholine rings is 1. The minimum absolute atomic E-state index is 0.0638. The van der Waals surface area contributed by atoms with E-state index in [9.17, 15) is 19.5 Å². The Labute approximate surface area is 187 Å². The van der Waals surface area contributed by atoms with Gasteiger partial charge in [-0.05, 0) is 19.3 Å². The molecule has 9 nitrogen and oxygen atoms in total. The van der Waals surface area contributed by atoms with Gasteiger partial charge in [-0.15, -0.1) is 11.8 Å². The second kappa shape index (κ2) is 9.25. The summed E-state index contributed by atoms with van der Waals surface area (Å²) in [7, 11) is 1.60. The lowest BCUT2D eigenvalue weighted by Gasteiger charge is -2.37. The Kier molecular flexibility index (Phi) is 6.81. The van der Waals surface area contributed by atoms with Gasteiger partial charge in [-0.25, -0.2) is 0 Å². The maximum atomic E-state index is 13.6. The van der Waals surface area contributed by atoms with Crippen LogP contribution in [-0.4, -0.2) is 108 Å². The topological polar surface area (TPSA) is 111 Å². The molecule has 6 atom stereocenters. The first-order valence-electron chi connectivity index (χ1n) is 11.4. The van der Waals surface area contributed by atoms with Crippen molar-refractivity contribution in [2.45, 2.75) is 48.3 Å². The molecule has 3 N–H and O–H groups in total. The fraction of sp³-hybridized carbons (Fsp3) is 0.857. The van der Waals surface area contributed by atoms with E-state index in [1.54, 1.807) is 23.7 Å². The van der Waals surface area contributed by atoms with Gasteiger partial charge in [0, 0.05) is 38.5 Å². The van der Waals surface area contributed by atoms with Crippen LogP contribution in [0.1, 0.15) is 26.2 Å². The normalized spacial score (nSPS) is 35.8. The van der Waals surface area contributed by atoms with Crippen LogP contribution in [0.4, 0.5) is 0 Å². The lowest BCUT2D eigenvalue weighted by Crippen LogP contribution is -2.57. The Hall–Kier alpha value is -1.36. The number of rotatable bonds is 8. The van der Waals surface area contributed by atoms with E-state index in [4.69, 9.17) is 4.74 Å². The zero-order valence-corrected chi connectivity index (χ0v) is 19.2. The van der Waals surface area contributed by atoms with Crippen LogP contribution in [0.5, 0.6) is 0 Å². The summed E-state index contributed by atoms with van der Waals surface area (Å²) < 4.78 is 4.78. The minimum Gasteiger partial charge on any atom is -0.394 e. The highest BCUT2D eigenvalue weighted by molar-refractivity contribution is 8.02. The van der Waals surface area contributed by atoms with Gasteiger partial charge in [-0.1, -0.05) is 6.92 Å². The second-order valence-electron chi connectivity index (χ2n) is 8.91. The first-order valence-corrected chi connectivity index (χ1v) is 12.3. The van der Waals surface area contributed by atoms with E-state index in [1.165, 1.54) is 0 Å². The van der Waals surface area contributed by atoms with Crippen LogP contribution in [0.3, 0.4) is 0 Å². The van der Waals surface area contributed by atoms with Crippen LogP contribution in [0.2, 0.25) is 0 Å². The molecule has 2 unspecified atom stereocenters. The van der Waals surface area contributed by atoms with Crippen molar-refractivity contribution in [3.05, 3.63) is 0 Å². The number of hydrogen-bond acceptors (Lipinski definition) is 7. The van der Waals surface area contributed by atoms with E-state index in [-0.39, 0.29) is 29.6 Å². The predicted molar refractivity (Wildman–Crippen MR) is 116 cm³/mol. The zero-order chi connectivity index (χ0) is 22.2. The number of carbonyl (C=O) groups is 3. The van der Waals surface area contributed by atoms with Crippen molar-refractivity contribution in [2.75, 3.05) is 53.0 Å². The summed E-state index contributed by atoms with van der Waals surface area (Å²) in [6.07, 6.45) is 2.13. The Morgan fingerprint density at radius 3 is 2.71 bits per heavy atom. The van der Waals surface area contributed by atoms with E-state index in [0.29, 0.717) is 26.2 Å². The molecule has 0 aliphatic carbocycles. The van der Waals surface area contributed by atoms with E-state index in [0.717, 1.165) is 32.5 Å². The second-order valence-corrected chi connectivity index (χ2v) is 10.5.